The minimum Gasteiger partial charge on any atom is -0.480 e. The standard InChI is InChI=1S/C17H33N3O5/c1-8(2)7-11(18)14(21)16(23)19-12(9(3)4)15(22)20-13(10(5)6)17(24)25/h8-14,21H,7,18H2,1-6H3,(H,19,23)(H,20,22)(H,24,25)/t11?,12-,13-,14?/m0/s1. The molecular formula is C17H33N3O5. The summed E-state index contributed by atoms with van der Waals surface area (Å²) in [6.07, 6.45) is -0.974. The van der Waals surface area contributed by atoms with Crippen molar-refractivity contribution >= 4 is 17.8 Å². The van der Waals surface area contributed by atoms with Gasteiger partial charge in [0.05, 0.1) is 0 Å². The Morgan fingerprint density at radius 2 is 1.32 bits per heavy atom. The monoisotopic (exact) mass is 359 g/mol. The predicted molar refractivity (Wildman–Crippen MR) is 94.6 cm³/mol. The average Bonchev–Trinajstić information content (AvgIpc) is 2.46. The molecular weight excluding hydrogens is 326 g/mol. The molecule has 0 bridgehead atoms. The minimum atomic E-state index is -1.43. The van der Waals surface area contributed by atoms with E-state index in [-0.39, 0.29) is 17.8 Å². The van der Waals surface area contributed by atoms with Crippen molar-refractivity contribution in [2.24, 2.45) is 23.5 Å². The summed E-state index contributed by atoms with van der Waals surface area (Å²) < 4.78 is 0. The average molecular weight is 359 g/mol. The molecule has 0 spiro atoms. The Hall–Kier alpha value is -1.67. The third-order valence-corrected chi connectivity index (χ3v) is 3.90. The number of carbonyl (C=O) groups is 3. The van der Waals surface area contributed by atoms with Gasteiger partial charge in [0.25, 0.3) is 5.91 Å². The van der Waals surface area contributed by atoms with Crippen molar-refractivity contribution in [2.75, 3.05) is 0 Å². The highest BCUT2D eigenvalue weighted by molar-refractivity contribution is 5.91. The molecule has 0 saturated carbocycles. The van der Waals surface area contributed by atoms with Crippen molar-refractivity contribution in [3.05, 3.63) is 0 Å². The number of nitrogens with one attached hydrogen (secondary N) is 2. The van der Waals surface area contributed by atoms with Crippen molar-refractivity contribution in [3.8, 4) is 0 Å². The van der Waals surface area contributed by atoms with Gasteiger partial charge in [-0.05, 0) is 24.2 Å². The molecule has 6 N–H and O–H groups in total. The maximum atomic E-state index is 12.4. The Labute approximate surface area is 149 Å². The second-order valence-electron chi connectivity index (χ2n) is 7.54. The van der Waals surface area contributed by atoms with Gasteiger partial charge in [-0.3, -0.25) is 9.59 Å². The number of hydrogen-bond acceptors (Lipinski definition) is 5. The summed E-state index contributed by atoms with van der Waals surface area (Å²) in [5.41, 5.74) is 5.82. The molecule has 0 saturated heterocycles. The molecule has 25 heavy (non-hydrogen) atoms. The number of carboxylic acid groups (broad SMARTS) is 1. The van der Waals surface area contributed by atoms with Crippen LogP contribution in [0.1, 0.15) is 48.0 Å². The molecule has 146 valence electrons. The van der Waals surface area contributed by atoms with Gasteiger partial charge in [-0.15, -0.1) is 0 Å². The van der Waals surface area contributed by atoms with E-state index in [1.807, 2.05) is 13.8 Å². The number of aliphatic hydroxyl groups is 1. The molecule has 0 heterocycles. The molecule has 8 heteroatoms. The van der Waals surface area contributed by atoms with Crippen molar-refractivity contribution < 1.29 is 24.6 Å². The zero-order chi connectivity index (χ0) is 19.9. The number of amides is 2. The number of carboxylic acids is 1. The second kappa shape index (κ2) is 10.4. The second-order valence-corrected chi connectivity index (χ2v) is 7.54. The van der Waals surface area contributed by atoms with Crippen molar-refractivity contribution in [1.82, 2.24) is 10.6 Å². The lowest BCUT2D eigenvalue weighted by Crippen LogP contribution is -2.58. The Kier molecular flexibility index (Phi) is 9.66. The summed E-state index contributed by atoms with van der Waals surface area (Å²) in [4.78, 5) is 35.8. The normalized spacial score (nSPS) is 16.4. The zero-order valence-electron chi connectivity index (χ0n) is 15.9. The molecule has 0 rings (SSSR count). The van der Waals surface area contributed by atoms with Crippen LogP contribution in [0, 0.1) is 17.8 Å². The highest BCUT2D eigenvalue weighted by Crippen LogP contribution is 2.09. The van der Waals surface area contributed by atoms with E-state index in [4.69, 9.17) is 5.73 Å². The fourth-order valence-electron chi connectivity index (χ4n) is 2.40. The lowest BCUT2D eigenvalue weighted by Gasteiger charge is -2.27. The Morgan fingerprint density at radius 1 is 0.880 bits per heavy atom. The molecule has 8 nitrogen and oxygen atoms in total. The van der Waals surface area contributed by atoms with E-state index in [0.717, 1.165) is 0 Å². The third-order valence-electron chi connectivity index (χ3n) is 3.90. The molecule has 4 atom stereocenters. The highest BCUT2D eigenvalue weighted by Gasteiger charge is 2.32. The van der Waals surface area contributed by atoms with Crippen molar-refractivity contribution in [2.45, 2.75) is 72.2 Å². The summed E-state index contributed by atoms with van der Waals surface area (Å²) in [6.45, 7) is 10.6. The van der Waals surface area contributed by atoms with E-state index < -0.39 is 42.0 Å². The maximum absolute atomic E-state index is 12.4. The van der Waals surface area contributed by atoms with Gasteiger partial charge in [-0.1, -0.05) is 41.5 Å². The first kappa shape index (κ1) is 23.3. The number of aliphatic hydroxyl groups excluding tert-OH is 1. The molecule has 0 aliphatic heterocycles. The molecule has 2 amide bonds. The van der Waals surface area contributed by atoms with Gasteiger partial charge in [0.2, 0.25) is 5.91 Å². The lowest BCUT2D eigenvalue weighted by molar-refractivity contribution is -0.144. The van der Waals surface area contributed by atoms with Crippen LogP contribution in [0.25, 0.3) is 0 Å². The van der Waals surface area contributed by atoms with E-state index in [1.54, 1.807) is 27.7 Å². The SMILES string of the molecule is CC(C)CC(N)C(O)C(=O)N[C@H](C(=O)N[C@H](C(=O)O)C(C)C)C(C)C. The van der Waals surface area contributed by atoms with E-state index in [9.17, 15) is 24.6 Å². The lowest BCUT2D eigenvalue weighted by atomic mass is 9.97. The van der Waals surface area contributed by atoms with Gasteiger partial charge in [0.15, 0.2) is 0 Å². The molecule has 0 aliphatic carbocycles. The third kappa shape index (κ3) is 7.83. The summed E-state index contributed by atoms with van der Waals surface area (Å²) in [5.74, 6) is -2.87. The minimum absolute atomic E-state index is 0.212. The number of nitrogens with two attached hydrogens (primary N) is 1. The van der Waals surface area contributed by atoms with Gasteiger partial charge in [0.1, 0.15) is 18.2 Å². The number of carbonyl (C=O) groups excluding carboxylic acids is 2. The molecule has 0 aliphatic rings. The van der Waals surface area contributed by atoms with Crippen molar-refractivity contribution in [1.29, 1.82) is 0 Å². The van der Waals surface area contributed by atoms with Crippen LogP contribution in [0.2, 0.25) is 0 Å². The van der Waals surface area contributed by atoms with Crippen LogP contribution in [0.5, 0.6) is 0 Å². The molecule has 0 aromatic rings. The van der Waals surface area contributed by atoms with Gasteiger partial charge in [0, 0.05) is 6.04 Å². The Morgan fingerprint density at radius 3 is 1.68 bits per heavy atom. The Bertz CT molecular complexity index is 465. The maximum Gasteiger partial charge on any atom is 0.326 e. The van der Waals surface area contributed by atoms with Crippen LogP contribution < -0.4 is 16.4 Å². The first-order chi connectivity index (χ1) is 11.4. The van der Waals surface area contributed by atoms with Crippen LogP contribution in [-0.4, -0.2) is 52.2 Å². The highest BCUT2D eigenvalue weighted by atomic mass is 16.4. The van der Waals surface area contributed by atoms with E-state index in [0.29, 0.717) is 6.42 Å². The largest absolute Gasteiger partial charge is 0.480 e. The van der Waals surface area contributed by atoms with Crippen LogP contribution in [0.3, 0.4) is 0 Å². The van der Waals surface area contributed by atoms with Crippen LogP contribution in [0.4, 0.5) is 0 Å². The quantitative estimate of drug-likeness (QED) is 0.374. The zero-order valence-corrected chi connectivity index (χ0v) is 15.9. The van der Waals surface area contributed by atoms with Crippen LogP contribution in [-0.2, 0) is 14.4 Å². The summed E-state index contributed by atoms with van der Waals surface area (Å²) >= 11 is 0. The van der Waals surface area contributed by atoms with E-state index >= 15 is 0 Å². The van der Waals surface area contributed by atoms with E-state index in [2.05, 4.69) is 10.6 Å². The number of aliphatic carboxylic acids is 1. The topological polar surface area (TPSA) is 142 Å². The molecule has 0 aromatic heterocycles. The first-order valence-electron chi connectivity index (χ1n) is 8.65. The summed E-state index contributed by atoms with van der Waals surface area (Å²) in [5, 5.41) is 24.1. The fraction of sp³-hybridized carbons (Fsp3) is 0.824. The van der Waals surface area contributed by atoms with Gasteiger partial charge < -0.3 is 26.6 Å². The first-order valence-corrected chi connectivity index (χ1v) is 8.65. The van der Waals surface area contributed by atoms with Gasteiger partial charge in [-0.25, -0.2) is 4.79 Å². The number of rotatable bonds is 10. The molecule has 2 unspecified atom stereocenters. The Balaban J connectivity index is 5.03. The fourth-order valence-corrected chi connectivity index (χ4v) is 2.40. The molecule has 0 fully saturated rings. The van der Waals surface area contributed by atoms with Crippen LogP contribution in [0.15, 0.2) is 0 Å². The smallest absolute Gasteiger partial charge is 0.326 e. The summed E-state index contributed by atoms with van der Waals surface area (Å²) in [7, 11) is 0. The number of hydrogen-bond donors (Lipinski definition) is 5. The molecule has 0 radical (unpaired) electrons. The molecule has 0 aromatic carbocycles. The van der Waals surface area contributed by atoms with Gasteiger partial charge in [-0.2, -0.15) is 0 Å². The van der Waals surface area contributed by atoms with E-state index in [1.165, 1.54) is 0 Å². The van der Waals surface area contributed by atoms with Crippen LogP contribution >= 0.6 is 0 Å². The summed E-state index contributed by atoms with van der Waals surface area (Å²) in [6, 6.07) is -2.76. The predicted octanol–water partition coefficient (Wildman–Crippen LogP) is 0.0869. The van der Waals surface area contributed by atoms with Gasteiger partial charge >= 0.3 is 5.97 Å². The van der Waals surface area contributed by atoms with Crippen molar-refractivity contribution in [3.63, 3.8) is 0 Å².